The number of aryl methyl sites for hydroxylation is 1. The molecule has 1 heterocycles. The molecule has 2 atom stereocenters. The Labute approximate surface area is 129 Å². The summed E-state index contributed by atoms with van der Waals surface area (Å²) in [5, 5.41) is 9.11. The van der Waals surface area contributed by atoms with Crippen LogP contribution in [0.2, 0.25) is 0 Å². The third-order valence-electron chi connectivity index (χ3n) is 4.84. The minimum Gasteiger partial charge on any atom is -0.479 e. The maximum absolute atomic E-state index is 13.1. The molecule has 118 valence electrons. The van der Waals surface area contributed by atoms with Gasteiger partial charge in [-0.05, 0) is 37.3 Å². The van der Waals surface area contributed by atoms with Crippen molar-refractivity contribution in [1.29, 1.82) is 0 Å². The largest absolute Gasteiger partial charge is 0.479 e. The van der Waals surface area contributed by atoms with E-state index in [0.717, 1.165) is 24.8 Å². The fourth-order valence-corrected chi connectivity index (χ4v) is 3.60. The summed E-state index contributed by atoms with van der Waals surface area (Å²) in [6, 6.07) is 8.08. The van der Waals surface area contributed by atoms with Crippen molar-refractivity contribution in [2.45, 2.75) is 37.7 Å². The topological polar surface area (TPSA) is 66.8 Å². The summed E-state index contributed by atoms with van der Waals surface area (Å²) in [4.78, 5) is 25.9. The molecule has 5 nitrogen and oxygen atoms in total. The van der Waals surface area contributed by atoms with Crippen LogP contribution in [0.25, 0.3) is 0 Å². The Kier molecular flexibility index (Phi) is 3.91. The van der Waals surface area contributed by atoms with Crippen LogP contribution < -0.4 is 0 Å². The number of hydrogen-bond donors (Lipinski definition) is 1. The van der Waals surface area contributed by atoms with E-state index >= 15 is 0 Å². The number of fused-ring (bicyclic) bond motifs is 1. The van der Waals surface area contributed by atoms with Gasteiger partial charge in [0.1, 0.15) is 0 Å². The van der Waals surface area contributed by atoms with Gasteiger partial charge in [-0.25, -0.2) is 4.79 Å². The molecule has 0 aromatic heterocycles. The first-order valence-electron chi connectivity index (χ1n) is 7.74. The third-order valence-corrected chi connectivity index (χ3v) is 4.84. The van der Waals surface area contributed by atoms with Crippen LogP contribution in [0.15, 0.2) is 24.3 Å². The van der Waals surface area contributed by atoms with Crippen molar-refractivity contribution in [1.82, 2.24) is 4.90 Å². The molecule has 1 N–H and O–H groups in total. The van der Waals surface area contributed by atoms with Gasteiger partial charge in [-0.15, -0.1) is 0 Å². The van der Waals surface area contributed by atoms with Crippen molar-refractivity contribution in [2.75, 3.05) is 19.7 Å². The molecule has 0 bridgehead atoms. The number of carbonyl (C=O) groups excluding carboxylic acids is 1. The molecule has 2 aliphatic rings. The molecule has 5 heteroatoms. The number of carbonyl (C=O) groups is 2. The van der Waals surface area contributed by atoms with Gasteiger partial charge in [0.05, 0.1) is 18.6 Å². The van der Waals surface area contributed by atoms with Crippen LogP contribution >= 0.6 is 0 Å². The lowest BCUT2D eigenvalue weighted by Crippen LogP contribution is -2.54. The summed E-state index contributed by atoms with van der Waals surface area (Å²) >= 11 is 0. The molecule has 0 spiro atoms. The van der Waals surface area contributed by atoms with Gasteiger partial charge in [-0.3, -0.25) is 4.79 Å². The zero-order chi connectivity index (χ0) is 15.7. The van der Waals surface area contributed by atoms with Crippen LogP contribution in [0.4, 0.5) is 0 Å². The molecule has 1 saturated heterocycles. The lowest BCUT2D eigenvalue weighted by atomic mass is 9.70. The van der Waals surface area contributed by atoms with Gasteiger partial charge >= 0.3 is 5.97 Å². The molecule has 1 aliphatic carbocycles. The Bertz CT molecular complexity index is 600. The van der Waals surface area contributed by atoms with Crippen LogP contribution in [0.3, 0.4) is 0 Å². The maximum atomic E-state index is 13.1. The number of nitrogens with zero attached hydrogens (tertiary/aromatic N) is 1. The number of amides is 1. The molecule has 22 heavy (non-hydrogen) atoms. The van der Waals surface area contributed by atoms with Gasteiger partial charge in [0.2, 0.25) is 5.91 Å². The number of aliphatic carboxylic acids is 1. The number of rotatable bonds is 2. The molecule has 1 aromatic rings. The summed E-state index contributed by atoms with van der Waals surface area (Å²) in [5.74, 6) is -0.985. The summed E-state index contributed by atoms with van der Waals surface area (Å²) in [7, 11) is 0. The summed E-state index contributed by atoms with van der Waals surface area (Å²) in [5.41, 5.74) is 1.76. The van der Waals surface area contributed by atoms with Crippen LogP contribution in [0.5, 0.6) is 0 Å². The van der Waals surface area contributed by atoms with Gasteiger partial charge in [-0.2, -0.15) is 0 Å². The Morgan fingerprint density at radius 1 is 1.36 bits per heavy atom. The van der Waals surface area contributed by atoms with Gasteiger partial charge in [0, 0.05) is 6.54 Å². The van der Waals surface area contributed by atoms with Gasteiger partial charge in [0.25, 0.3) is 0 Å². The number of carboxylic acids is 1. The molecule has 1 fully saturated rings. The Morgan fingerprint density at radius 3 is 2.91 bits per heavy atom. The molecule has 0 saturated carbocycles. The first kappa shape index (κ1) is 15.0. The van der Waals surface area contributed by atoms with Crippen LogP contribution in [-0.4, -0.2) is 47.7 Å². The van der Waals surface area contributed by atoms with Crippen molar-refractivity contribution < 1.29 is 19.4 Å². The van der Waals surface area contributed by atoms with Crippen molar-refractivity contribution in [3.63, 3.8) is 0 Å². The quantitative estimate of drug-likeness (QED) is 0.901. The Balaban J connectivity index is 1.87. The predicted octanol–water partition coefficient (Wildman–Crippen LogP) is 1.59. The lowest BCUT2D eigenvalue weighted by Gasteiger charge is -2.41. The van der Waals surface area contributed by atoms with E-state index in [1.165, 1.54) is 5.56 Å². The molecule has 3 rings (SSSR count). The molecule has 1 aromatic carbocycles. The molecule has 1 aliphatic heterocycles. The average Bonchev–Trinajstić information content (AvgIpc) is 2.54. The molecule has 0 radical (unpaired) electrons. The van der Waals surface area contributed by atoms with Gasteiger partial charge in [-0.1, -0.05) is 24.3 Å². The normalized spacial score (nSPS) is 28.0. The second kappa shape index (κ2) is 5.72. The van der Waals surface area contributed by atoms with E-state index in [2.05, 4.69) is 6.07 Å². The van der Waals surface area contributed by atoms with Crippen molar-refractivity contribution in [3.8, 4) is 0 Å². The van der Waals surface area contributed by atoms with Crippen LogP contribution in [0.1, 0.15) is 30.9 Å². The van der Waals surface area contributed by atoms with E-state index in [1.807, 2.05) is 25.1 Å². The highest BCUT2D eigenvalue weighted by Gasteiger charge is 2.43. The maximum Gasteiger partial charge on any atom is 0.334 e. The zero-order valence-corrected chi connectivity index (χ0v) is 12.7. The monoisotopic (exact) mass is 303 g/mol. The SMILES string of the molecule is C[C@@]1(C(=O)N2CCO[C@H](C(=O)O)C2)CCCc2ccccc21. The Hall–Kier alpha value is -1.88. The highest BCUT2D eigenvalue weighted by molar-refractivity contribution is 5.89. The van der Waals surface area contributed by atoms with E-state index in [9.17, 15) is 9.59 Å². The number of hydrogen-bond acceptors (Lipinski definition) is 3. The van der Waals surface area contributed by atoms with Gasteiger partial charge < -0.3 is 14.7 Å². The standard InChI is InChI=1S/C17H21NO4/c1-17(8-4-6-12-5-2-3-7-13(12)17)16(21)18-9-10-22-14(11-18)15(19)20/h2-3,5,7,14H,4,6,8-11H2,1H3,(H,19,20)/t14-,17+/m0/s1. The van der Waals surface area contributed by atoms with Crippen LogP contribution in [-0.2, 0) is 26.2 Å². The smallest absolute Gasteiger partial charge is 0.334 e. The van der Waals surface area contributed by atoms with Crippen molar-refractivity contribution in [2.24, 2.45) is 0 Å². The lowest BCUT2D eigenvalue weighted by molar-refractivity contribution is -0.161. The van der Waals surface area contributed by atoms with Crippen molar-refractivity contribution >= 4 is 11.9 Å². The summed E-state index contributed by atoms with van der Waals surface area (Å²) < 4.78 is 5.22. The average molecular weight is 303 g/mol. The first-order valence-corrected chi connectivity index (χ1v) is 7.74. The Morgan fingerprint density at radius 2 is 2.14 bits per heavy atom. The third kappa shape index (κ3) is 2.50. The zero-order valence-electron chi connectivity index (χ0n) is 12.7. The number of benzene rings is 1. The van der Waals surface area contributed by atoms with Crippen LogP contribution in [0, 0.1) is 0 Å². The van der Waals surface area contributed by atoms with E-state index in [0.29, 0.717) is 6.54 Å². The number of morpholine rings is 1. The summed E-state index contributed by atoms with van der Waals surface area (Å²) in [6.07, 6.45) is 1.87. The molecule has 1 amide bonds. The minimum absolute atomic E-state index is 0.0224. The van der Waals surface area contributed by atoms with Gasteiger partial charge in [0.15, 0.2) is 6.10 Å². The summed E-state index contributed by atoms with van der Waals surface area (Å²) in [6.45, 7) is 2.85. The first-order chi connectivity index (χ1) is 10.5. The fraction of sp³-hybridized carbons (Fsp3) is 0.529. The van der Waals surface area contributed by atoms with Crippen molar-refractivity contribution in [3.05, 3.63) is 35.4 Å². The number of carboxylic acid groups (broad SMARTS) is 1. The highest BCUT2D eigenvalue weighted by atomic mass is 16.5. The second-order valence-electron chi connectivity index (χ2n) is 6.29. The van der Waals surface area contributed by atoms with E-state index in [4.69, 9.17) is 9.84 Å². The highest BCUT2D eigenvalue weighted by Crippen LogP contribution is 2.38. The van der Waals surface area contributed by atoms with E-state index in [-0.39, 0.29) is 19.1 Å². The molecular formula is C17H21NO4. The number of ether oxygens (including phenoxy) is 1. The predicted molar refractivity (Wildman–Crippen MR) is 80.7 cm³/mol. The molecule has 0 unspecified atom stereocenters. The molecular weight excluding hydrogens is 282 g/mol. The van der Waals surface area contributed by atoms with E-state index in [1.54, 1.807) is 4.90 Å². The second-order valence-corrected chi connectivity index (χ2v) is 6.29. The fourth-order valence-electron chi connectivity index (χ4n) is 3.60. The minimum atomic E-state index is -1.01. The van der Waals surface area contributed by atoms with E-state index < -0.39 is 17.5 Å².